The van der Waals surface area contributed by atoms with Gasteiger partial charge in [0.2, 0.25) is 10.0 Å². The molecule has 112 valence electrons. The lowest BCUT2D eigenvalue weighted by atomic mass is 9.97. The van der Waals surface area contributed by atoms with Crippen molar-refractivity contribution in [1.29, 1.82) is 0 Å². The number of nitrogens with zero attached hydrogens (tertiary/aromatic N) is 1. The molecule has 1 heterocycles. The molecule has 0 aromatic rings. The molecule has 2 aliphatic rings. The highest BCUT2D eigenvalue weighted by atomic mass is 32.2. The lowest BCUT2D eigenvalue weighted by Gasteiger charge is -2.34. The molecule has 1 aliphatic carbocycles. The Balaban J connectivity index is 1.77. The summed E-state index contributed by atoms with van der Waals surface area (Å²) in [5, 5.41) is 3.73. The molecule has 1 saturated heterocycles. The molecule has 19 heavy (non-hydrogen) atoms. The van der Waals surface area contributed by atoms with Gasteiger partial charge in [-0.25, -0.2) is 12.7 Å². The SMILES string of the molecule is CCS(=O)(=O)N1CCC(NC(C)C2CCCC2)CC1. The van der Waals surface area contributed by atoms with Crippen LogP contribution in [0.5, 0.6) is 0 Å². The predicted molar refractivity (Wildman–Crippen MR) is 78.6 cm³/mol. The van der Waals surface area contributed by atoms with Crippen LogP contribution in [0.1, 0.15) is 52.4 Å². The first-order valence-electron chi connectivity index (χ1n) is 7.77. The number of nitrogens with one attached hydrogen (secondary N) is 1. The maximum atomic E-state index is 11.8. The van der Waals surface area contributed by atoms with E-state index < -0.39 is 10.0 Å². The van der Waals surface area contributed by atoms with Crippen LogP contribution >= 0.6 is 0 Å². The van der Waals surface area contributed by atoms with Crippen LogP contribution in [0.2, 0.25) is 0 Å². The summed E-state index contributed by atoms with van der Waals surface area (Å²) >= 11 is 0. The van der Waals surface area contributed by atoms with Gasteiger partial charge < -0.3 is 5.32 Å². The summed E-state index contributed by atoms with van der Waals surface area (Å²) in [5.41, 5.74) is 0. The van der Waals surface area contributed by atoms with E-state index in [9.17, 15) is 8.42 Å². The summed E-state index contributed by atoms with van der Waals surface area (Å²) in [7, 11) is -2.98. The Kier molecular flexibility index (Phi) is 5.26. The number of rotatable bonds is 5. The van der Waals surface area contributed by atoms with Crippen molar-refractivity contribution in [2.24, 2.45) is 5.92 Å². The normalized spacial score (nSPS) is 25.8. The van der Waals surface area contributed by atoms with Crippen molar-refractivity contribution < 1.29 is 8.42 Å². The molecule has 1 atom stereocenters. The molecule has 1 N–H and O–H groups in total. The van der Waals surface area contributed by atoms with Gasteiger partial charge in [0.15, 0.2) is 0 Å². The second kappa shape index (κ2) is 6.55. The molecule has 4 nitrogen and oxygen atoms in total. The highest BCUT2D eigenvalue weighted by Crippen LogP contribution is 2.28. The molecule has 1 unspecified atom stereocenters. The minimum absolute atomic E-state index is 0.226. The van der Waals surface area contributed by atoms with Crippen LogP contribution in [0, 0.1) is 5.92 Å². The quantitative estimate of drug-likeness (QED) is 0.841. The zero-order valence-electron chi connectivity index (χ0n) is 12.3. The van der Waals surface area contributed by atoms with Crippen molar-refractivity contribution in [2.45, 2.75) is 64.5 Å². The second-order valence-corrected chi connectivity index (χ2v) is 8.33. The third-order valence-electron chi connectivity index (χ3n) is 4.82. The largest absolute Gasteiger partial charge is 0.311 e. The Bertz CT molecular complexity index is 369. The van der Waals surface area contributed by atoms with Crippen molar-refractivity contribution in [3.8, 4) is 0 Å². The number of piperidine rings is 1. The van der Waals surface area contributed by atoms with Gasteiger partial charge >= 0.3 is 0 Å². The maximum absolute atomic E-state index is 11.8. The van der Waals surface area contributed by atoms with Gasteiger partial charge in [-0.1, -0.05) is 12.8 Å². The third kappa shape index (κ3) is 3.92. The topological polar surface area (TPSA) is 49.4 Å². The summed E-state index contributed by atoms with van der Waals surface area (Å²) in [6.07, 6.45) is 7.38. The standard InChI is InChI=1S/C14H28N2O2S/c1-3-19(17,18)16-10-8-14(9-11-16)15-12(2)13-6-4-5-7-13/h12-15H,3-11H2,1-2H3. The smallest absolute Gasteiger partial charge is 0.213 e. The average molecular weight is 288 g/mol. The van der Waals surface area contributed by atoms with E-state index in [1.807, 2.05) is 0 Å². The van der Waals surface area contributed by atoms with E-state index in [0.717, 1.165) is 18.8 Å². The molecular weight excluding hydrogens is 260 g/mol. The van der Waals surface area contributed by atoms with Gasteiger partial charge in [-0.3, -0.25) is 0 Å². The summed E-state index contributed by atoms with van der Waals surface area (Å²) < 4.78 is 25.3. The van der Waals surface area contributed by atoms with Gasteiger partial charge in [0.05, 0.1) is 5.75 Å². The van der Waals surface area contributed by atoms with E-state index in [2.05, 4.69) is 12.2 Å². The molecule has 2 rings (SSSR count). The van der Waals surface area contributed by atoms with Crippen LogP contribution in [-0.2, 0) is 10.0 Å². The van der Waals surface area contributed by atoms with Crippen molar-refractivity contribution in [1.82, 2.24) is 9.62 Å². The third-order valence-corrected chi connectivity index (χ3v) is 6.70. The first-order valence-corrected chi connectivity index (χ1v) is 9.37. The van der Waals surface area contributed by atoms with Crippen LogP contribution in [0.15, 0.2) is 0 Å². The lowest BCUT2D eigenvalue weighted by molar-refractivity contribution is 0.253. The van der Waals surface area contributed by atoms with E-state index in [1.165, 1.54) is 25.7 Å². The number of sulfonamides is 1. The van der Waals surface area contributed by atoms with Crippen LogP contribution in [0.3, 0.4) is 0 Å². The summed E-state index contributed by atoms with van der Waals surface area (Å²) in [6, 6.07) is 1.08. The summed E-state index contributed by atoms with van der Waals surface area (Å²) in [6.45, 7) is 5.39. The van der Waals surface area contributed by atoms with Crippen LogP contribution in [0.25, 0.3) is 0 Å². The average Bonchev–Trinajstić information content (AvgIpc) is 2.93. The molecule has 5 heteroatoms. The van der Waals surface area contributed by atoms with Gasteiger partial charge in [0.25, 0.3) is 0 Å². The van der Waals surface area contributed by atoms with E-state index >= 15 is 0 Å². The zero-order chi connectivity index (χ0) is 13.9. The Labute approximate surface area is 118 Å². The highest BCUT2D eigenvalue weighted by molar-refractivity contribution is 7.89. The molecule has 0 spiro atoms. The Hall–Kier alpha value is -0.130. The van der Waals surface area contributed by atoms with Gasteiger partial charge in [-0.15, -0.1) is 0 Å². The second-order valence-electron chi connectivity index (χ2n) is 6.07. The highest BCUT2D eigenvalue weighted by Gasteiger charge is 2.29. The Morgan fingerprint density at radius 1 is 1.16 bits per heavy atom. The van der Waals surface area contributed by atoms with Crippen molar-refractivity contribution in [3.63, 3.8) is 0 Å². The first kappa shape index (κ1) is 15.3. The molecule has 0 radical (unpaired) electrons. The molecule has 0 bridgehead atoms. The summed E-state index contributed by atoms with van der Waals surface area (Å²) in [5.74, 6) is 1.06. The molecular formula is C14H28N2O2S. The fraction of sp³-hybridized carbons (Fsp3) is 1.00. The summed E-state index contributed by atoms with van der Waals surface area (Å²) in [4.78, 5) is 0. The molecule has 0 aromatic carbocycles. The van der Waals surface area contributed by atoms with Crippen molar-refractivity contribution in [3.05, 3.63) is 0 Å². The molecule has 0 amide bonds. The van der Waals surface area contributed by atoms with Gasteiger partial charge in [0, 0.05) is 25.2 Å². The minimum Gasteiger partial charge on any atom is -0.311 e. The molecule has 1 saturated carbocycles. The zero-order valence-corrected chi connectivity index (χ0v) is 13.1. The van der Waals surface area contributed by atoms with E-state index in [0.29, 0.717) is 25.2 Å². The minimum atomic E-state index is -2.98. The van der Waals surface area contributed by atoms with E-state index in [1.54, 1.807) is 11.2 Å². The van der Waals surface area contributed by atoms with E-state index in [-0.39, 0.29) is 5.75 Å². The van der Waals surface area contributed by atoms with Crippen molar-refractivity contribution in [2.75, 3.05) is 18.8 Å². The fourth-order valence-corrected chi connectivity index (χ4v) is 4.58. The lowest BCUT2D eigenvalue weighted by Crippen LogP contribution is -2.48. The Morgan fingerprint density at radius 2 is 1.74 bits per heavy atom. The van der Waals surface area contributed by atoms with Crippen LogP contribution in [-0.4, -0.2) is 43.6 Å². The maximum Gasteiger partial charge on any atom is 0.213 e. The van der Waals surface area contributed by atoms with Crippen molar-refractivity contribution >= 4 is 10.0 Å². The van der Waals surface area contributed by atoms with Gasteiger partial charge in [0.1, 0.15) is 0 Å². The molecule has 1 aliphatic heterocycles. The number of hydrogen-bond acceptors (Lipinski definition) is 3. The Morgan fingerprint density at radius 3 is 2.26 bits per heavy atom. The first-order chi connectivity index (χ1) is 9.03. The van der Waals surface area contributed by atoms with Gasteiger partial charge in [-0.05, 0) is 45.4 Å². The monoisotopic (exact) mass is 288 g/mol. The molecule has 0 aromatic heterocycles. The predicted octanol–water partition coefficient (Wildman–Crippen LogP) is 1.97. The number of hydrogen-bond donors (Lipinski definition) is 1. The van der Waals surface area contributed by atoms with Crippen LogP contribution < -0.4 is 5.32 Å². The van der Waals surface area contributed by atoms with E-state index in [4.69, 9.17) is 0 Å². The van der Waals surface area contributed by atoms with Crippen LogP contribution in [0.4, 0.5) is 0 Å². The van der Waals surface area contributed by atoms with Gasteiger partial charge in [-0.2, -0.15) is 0 Å². The molecule has 2 fully saturated rings. The fourth-order valence-electron chi connectivity index (χ4n) is 3.45.